The van der Waals surface area contributed by atoms with Crippen LogP contribution in [0.15, 0.2) is 17.0 Å². The fraction of sp³-hybridized carbons (Fsp3) is 0.600. The Bertz CT molecular complexity index is 616. The summed E-state index contributed by atoms with van der Waals surface area (Å²) < 4.78 is 41.0. The predicted octanol–water partition coefficient (Wildman–Crippen LogP) is 2.82. The van der Waals surface area contributed by atoms with E-state index in [9.17, 15) is 12.8 Å². The number of sulfonamides is 1. The van der Waals surface area contributed by atoms with Gasteiger partial charge < -0.3 is 5.73 Å². The van der Waals surface area contributed by atoms with Crippen molar-refractivity contribution in [1.82, 2.24) is 4.72 Å². The van der Waals surface area contributed by atoms with Crippen LogP contribution in [0.2, 0.25) is 0 Å². The Morgan fingerprint density at radius 3 is 2.76 bits per heavy atom. The molecule has 1 aliphatic rings. The minimum Gasteiger partial charge on any atom is -0.399 e. The lowest BCUT2D eigenvalue weighted by atomic mass is 9.83. The molecule has 0 spiro atoms. The Morgan fingerprint density at radius 2 is 2.10 bits per heavy atom. The van der Waals surface area contributed by atoms with Crippen molar-refractivity contribution in [2.45, 2.75) is 44.4 Å². The second-order valence-electron chi connectivity index (χ2n) is 6.12. The van der Waals surface area contributed by atoms with E-state index in [0.29, 0.717) is 18.4 Å². The highest BCUT2D eigenvalue weighted by Crippen LogP contribution is 2.28. The molecule has 3 N–H and O–H groups in total. The molecule has 21 heavy (non-hydrogen) atoms. The summed E-state index contributed by atoms with van der Waals surface area (Å²) in [6.45, 7) is 4.05. The third-order valence-corrected chi connectivity index (χ3v) is 5.77. The van der Waals surface area contributed by atoms with Crippen LogP contribution in [0.1, 0.15) is 38.2 Å². The molecular formula is C15H23FN2O2S. The normalized spacial score (nSPS) is 23.2. The van der Waals surface area contributed by atoms with E-state index >= 15 is 0 Å². The van der Waals surface area contributed by atoms with E-state index in [2.05, 4.69) is 11.6 Å². The lowest BCUT2D eigenvalue weighted by Gasteiger charge is -2.26. The number of halogens is 1. The minimum atomic E-state index is -3.72. The Hall–Kier alpha value is -1.14. The first-order chi connectivity index (χ1) is 9.79. The van der Waals surface area contributed by atoms with Gasteiger partial charge in [-0.15, -0.1) is 0 Å². The summed E-state index contributed by atoms with van der Waals surface area (Å²) in [5.74, 6) is 0.399. The smallest absolute Gasteiger partial charge is 0.241 e. The Balaban J connectivity index is 2.12. The molecule has 0 aliphatic heterocycles. The SMILES string of the molecule is Cc1c(F)cc(N)cc1S(=O)(=O)NCC1CCCC(C)C1. The fourth-order valence-electron chi connectivity index (χ4n) is 3.00. The summed E-state index contributed by atoms with van der Waals surface area (Å²) >= 11 is 0. The molecule has 2 atom stereocenters. The van der Waals surface area contributed by atoms with Gasteiger partial charge in [-0.25, -0.2) is 17.5 Å². The highest BCUT2D eigenvalue weighted by atomic mass is 32.2. The number of hydrogen-bond donors (Lipinski definition) is 2. The van der Waals surface area contributed by atoms with Gasteiger partial charge in [-0.2, -0.15) is 0 Å². The first kappa shape index (κ1) is 16.2. The maximum atomic E-state index is 13.6. The van der Waals surface area contributed by atoms with Crippen LogP contribution in [0.3, 0.4) is 0 Å². The molecule has 1 aromatic carbocycles. The second kappa shape index (κ2) is 6.32. The van der Waals surface area contributed by atoms with Gasteiger partial charge in [0.2, 0.25) is 10.0 Å². The van der Waals surface area contributed by atoms with Crippen LogP contribution in [0.25, 0.3) is 0 Å². The van der Waals surface area contributed by atoms with E-state index in [-0.39, 0.29) is 16.1 Å². The van der Waals surface area contributed by atoms with Crippen LogP contribution in [-0.2, 0) is 10.0 Å². The number of anilines is 1. The number of rotatable bonds is 4. The van der Waals surface area contributed by atoms with E-state index in [1.54, 1.807) is 0 Å². The van der Waals surface area contributed by atoms with Crippen molar-refractivity contribution >= 4 is 15.7 Å². The van der Waals surface area contributed by atoms with Crippen molar-refractivity contribution in [2.24, 2.45) is 11.8 Å². The number of benzene rings is 1. The zero-order chi connectivity index (χ0) is 15.6. The number of hydrogen-bond acceptors (Lipinski definition) is 3. The van der Waals surface area contributed by atoms with Crippen molar-refractivity contribution in [3.05, 3.63) is 23.5 Å². The van der Waals surface area contributed by atoms with E-state index < -0.39 is 15.8 Å². The molecule has 0 heterocycles. The van der Waals surface area contributed by atoms with Crippen LogP contribution < -0.4 is 10.5 Å². The van der Waals surface area contributed by atoms with Gasteiger partial charge in [0.15, 0.2) is 0 Å². The number of nitrogen functional groups attached to an aromatic ring is 1. The molecule has 6 heteroatoms. The summed E-state index contributed by atoms with van der Waals surface area (Å²) in [5, 5.41) is 0. The Kier molecular flexibility index (Phi) is 4.88. The van der Waals surface area contributed by atoms with Gasteiger partial charge in [0.05, 0.1) is 4.90 Å². The molecule has 1 aromatic rings. The molecule has 0 aromatic heterocycles. The molecule has 1 fully saturated rings. The molecular weight excluding hydrogens is 291 g/mol. The van der Waals surface area contributed by atoms with E-state index in [1.165, 1.54) is 19.4 Å². The average Bonchev–Trinajstić information content (AvgIpc) is 2.41. The number of nitrogens with one attached hydrogen (secondary N) is 1. The monoisotopic (exact) mass is 314 g/mol. The standard InChI is InChI=1S/C15H23FN2O2S/c1-10-4-3-5-12(6-10)9-18-21(19,20)15-8-13(17)7-14(16)11(15)2/h7-8,10,12,18H,3-6,9,17H2,1-2H3. The van der Waals surface area contributed by atoms with Crippen molar-refractivity contribution in [2.75, 3.05) is 12.3 Å². The molecule has 4 nitrogen and oxygen atoms in total. The van der Waals surface area contributed by atoms with Crippen molar-refractivity contribution < 1.29 is 12.8 Å². The quantitative estimate of drug-likeness (QED) is 0.839. The van der Waals surface area contributed by atoms with Gasteiger partial charge in [-0.1, -0.05) is 19.8 Å². The van der Waals surface area contributed by atoms with Gasteiger partial charge in [0.1, 0.15) is 5.82 Å². The van der Waals surface area contributed by atoms with Gasteiger partial charge in [0, 0.05) is 17.8 Å². The molecule has 1 aliphatic carbocycles. The first-order valence-electron chi connectivity index (χ1n) is 7.35. The van der Waals surface area contributed by atoms with Crippen molar-refractivity contribution in [1.29, 1.82) is 0 Å². The Morgan fingerprint density at radius 1 is 1.38 bits per heavy atom. The first-order valence-corrected chi connectivity index (χ1v) is 8.83. The summed E-state index contributed by atoms with van der Waals surface area (Å²) in [6.07, 6.45) is 4.42. The fourth-order valence-corrected chi connectivity index (χ4v) is 4.41. The van der Waals surface area contributed by atoms with E-state index in [0.717, 1.165) is 25.3 Å². The maximum Gasteiger partial charge on any atom is 0.241 e. The maximum absolute atomic E-state index is 13.6. The van der Waals surface area contributed by atoms with Gasteiger partial charge in [-0.05, 0) is 43.7 Å². The van der Waals surface area contributed by atoms with Gasteiger partial charge in [0.25, 0.3) is 0 Å². The molecule has 0 saturated heterocycles. The van der Waals surface area contributed by atoms with Crippen molar-refractivity contribution in [3.8, 4) is 0 Å². The molecule has 2 unspecified atom stereocenters. The van der Waals surface area contributed by atoms with Crippen LogP contribution in [0, 0.1) is 24.6 Å². The van der Waals surface area contributed by atoms with Crippen LogP contribution >= 0.6 is 0 Å². The third kappa shape index (κ3) is 3.95. The lowest BCUT2D eigenvalue weighted by Crippen LogP contribution is -2.32. The zero-order valence-corrected chi connectivity index (χ0v) is 13.3. The van der Waals surface area contributed by atoms with Gasteiger partial charge in [-0.3, -0.25) is 0 Å². The Labute approximate surface area is 126 Å². The second-order valence-corrected chi connectivity index (χ2v) is 7.85. The molecule has 118 valence electrons. The molecule has 2 rings (SSSR count). The summed E-state index contributed by atoms with van der Waals surface area (Å²) in [7, 11) is -3.72. The predicted molar refractivity (Wildman–Crippen MR) is 81.9 cm³/mol. The highest BCUT2D eigenvalue weighted by molar-refractivity contribution is 7.89. The lowest BCUT2D eigenvalue weighted by molar-refractivity contribution is 0.283. The van der Waals surface area contributed by atoms with E-state index in [1.807, 2.05) is 0 Å². The van der Waals surface area contributed by atoms with Crippen LogP contribution in [-0.4, -0.2) is 15.0 Å². The molecule has 0 radical (unpaired) electrons. The molecule has 0 bridgehead atoms. The van der Waals surface area contributed by atoms with E-state index in [4.69, 9.17) is 5.73 Å². The van der Waals surface area contributed by atoms with Crippen LogP contribution in [0.4, 0.5) is 10.1 Å². The minimum absolute atomic E-state index is 0.0659. The third-order valence-electron chi connectivity index (χ3n) is 4.22. The number of nitrogens with two attached hydrogens (primary N) is 1. The molecule has 1 saturated carbocycles. The summed E-state index contributed by atoms with van der Waals surface area (Å²) in [6, 6.07) is 2.45. The zero-order valence-electron chi connectivity index (χ0n) is 12.5. The molecule has 0 amide bonds. The van der Waals surface area contributed by atoms with Crippen LogP contribution in [0.5, 0.6) is 0 Å². The van der Waals surface area contributed by atoms with Crippen molar-refractivity contribution in [3.63, 3.8) is 0 Å². The van der Waals surface area contributed by atoms with Gasteiger partial charge >= 0.3 is 0 Å². The summed E-state index contributed by atoms with van der Waals surface area (Å²) in [4.78, 5) is -0.0659. The topological polar surface area (TPSA) is 72.2 Å². The summed E-state index contributed by atoms with van der Waals surface area (Å²) in [5.41, 5.74) is 5.77. The largest absolute Gasteiger partial charge is 0.399 e. The highest BCUT2D eigenvalue weighted by Gasteiger charge is 2.23. The average molecular weight is 314 g/mol.